The summed E-state index contributed by atoms with van der Waals surface area (Å²) in [7, 11) is 0. The highest BCUT2D eigenvalue weighted by atomic mass is 79.9. The standard InChI is InChI=1S/C11H11BrN4/c1-8(2)7-16-14-11(13-15-16)9-3-5-10(12)6-4-9/h3-6H,1,7H2,2H3. The van der Waals surface area contributed by atoms with E-state index in [1.54, 1.807) is 4.80 Å². The number of halogens is 1. The maximum Gasteiger partial charge on any atom is 0.204 e. The number of aromatic nitrogens is 4. The van der Waals surface area contributed by atoms with Crippen LogP contribution in [0, 0.1) is 0 Å². The molecule has 1 heterocycles. The van der Waals surface area contributed by atoms with E-state index in [9.17, 15) is 0 Å². The number of benzene rings is 1. The van der Waals surface area contributed by atoms with Crippen molar-refractivity contribution < 1.29 is 0 Å². The molecule has 0 amide bonds. The monoisotopic (exact) mass is 278 g/mol. The van der Waals surface area contributed by atoms with E-state index >= 15 is 0 Å². The Hall–Kier alpha value is -1.49. The molecule has 0 unspecified atom stereocenters. The Balaban J connectivity index is 2.24. The second kappa shape index (κ2) is 4.57. The predicted octanol–water partition coefficient (Wildman–Crippen LogP) is 2.68. The minimum Gasteiger partial charge on any atom is -0.160 e. The van der Waals surface area contributed by atoms with Crippen LogP contribution in [0.3, 0.4) is 0 Å². The van der Waals surface area contributed by atoms with Gasteiger partial charge in [-0.25, -0.2) is 0 Å². The average molecular weight is 279 g/mol. The number of rotatable bonds is 3. The van der Waals surface area contributed by atoms with Crippen molar-refractivity contribution in [3.8, 4) is 11.4 Å². The van der Waals surface area contributed by atoms with Crippen molar-refractivity contribution in [2.75, 3.05) is 0 Å². The molecule has 2 rings (SSSR count). The molecule has 0 fully saturated rings. The number of nitrogens with zero attached hydrogens (tertiary/aromatic N) is 4. The molecule has 1 aromatic heterocycles. The lowest BCUT2D eigenvalue weighted by Crippen LogP contribution is -2.02. The van der Waals surface area contributed by atoms with Gasteiger partial charge < -0.3 is 0 Å². The molecular formula is C11H11BrN4. The van der Waals surface area contributed by atoms with E-state index in [4.69, 9.17) is 0 Å². The van der Waals surface area contributed by atoms with Crippen molar-refractivity contribution in [2.24, 2.45) is 0 Å². The SMILES string of the molecule is C=C(C)Cn1nnc(-c2ccc(Br)cc2)n1. The van der Waals surface area contributed by atoms with E-state index in [0.29, 0.717) is 12.4 Å². The summed E-state index contributed by atoms with van der Waals surface area (Å²) in [6.07, 6.45) is 0. The largest absolute Gasteiger partial charge is 0.204 e. The Labute approximate surface area is 102 Å². The minimum atomic E-state index is 0.601. The molecule has 1 aromatic carbocycles. The second-order valence-electron chi connectivity index (χ2n) is 3.61. The molecule has 82 valence electrons. The van der Waals surface area contributed by atoms with Gasteiger partial charge in [0.15, 0.2) is 0 Å². The Morgan fingerprint density at radius 1 is 1.38 bits per heavy atom. The van der Waals surface area contributed by atoms with Gasteiger partial charge in [0.25, 0.3) is 0 Å². The van der Waals surface area contributed by atoms with Crippen LogP contribution in [0.25, 0.3) is 11.4 Å². The lowest BCUT2D eigenvalue weighted by molar-refractivity contribution is 0.567. The molecule has 0 saturated carbocycles. The highest BCUT2D eigenvalue weighted by Crippen LogP contribution is 2.17. The summed E-state index contributed by atoms with van der Waals surface area (Å²) in [6, 6.07) is 7.81. The first-order chi connectivity index (χ1) is 7.65. The van der Waals surface area contributed by atoms with Gasteiger partial charge in [0.1, 0.15) is 0 Å². The van der Waals surface area contributed by atoms with E-state index in [1.807, 2.05) is 31.2 Å². The van der Waals surface area contributed by atoms with Crippen molar-refractivity contribution in [3.63, 3.8) is 0 Å². The topological polar surface area (TPSA) is 43.6 Å². The van der Waals surface area contributed by atoms with Gasteiger partial charge in [-0.3, -0.25) is 0 Å². The van der Waals surface area contributed by atoms with E-state index in [2.05, 4.69) is 37.9 Å². The zero-order valence-corrected chi connectivity index (χ0v) is 10.5. The number of allylic oxidation sites excluding steroid dienone is 1. The van der Waals surface area contributed by atoms with E-state index < -0.39 is 0 Å². The minimum absolute atomic E-state index is 0.601. The lowest BCUT2D eigenvalue weighted by Gasteiger charge is -1.96. The Morgan fingerprint density at radius 2 is 2.06 bits per heavy atom. The van der Waals surface area contributed by atoms with Crippen molar-refractivity contribution in [1.29, 1.82) is 0 Å². The molecule has 0 saturated heterocycles. The van der Waals surface area contributed by atoms with E-state index in [-0.39, 0.29) is 0 Å². The molecule has 0 radical (unpaired) electrons. The fourth-order valence-corrected chi connectivity index (χ4v) is 1.53. The van der Waals surface area contributed by atoms with Crippen molar-refractivity contribution in [3.05, 3.63) is 40.9 Å². The van der Waals surface area contributed by atoms with Crippen LogP contribution in [0.1, 0.15) is 6.92 Å². The van der Waals surface area contributed by atoms with Crippen LogP contribution >= 0.6 is 15.9 Å². The summed E-state index contributed by atoms with van der Waals surface area (Å²) in [6.45, 7) is 6.34. The second-order valence-corrected chi connectivity index (χ2v) is 4.52. The fourth-order valence-electron chi connectivity index (χ4n) is 1.27. The summed E-state index contributed by atoms with van der Waals surface area (Å²) in [5, 5.41) is 12.2. The smallest absolute Gasteiger partial charge is 0.160 e. The van der Waals surface area contributed by atoms with Gasteiger partial charge >= 0.3 is 0 Å². The summed E-state index contributed by atoms with van der Waals surface area (Å²) in [5.74, 6) is 0.633. The van der Waals surface area contributed by atoms with Crippen molar-refractivity contribution >= 4 is 15.9 Å². The molecule has 16 heavy (non-hydrogen) atoms. The molecule has 0 aliphatic heterocycles. The molecule has 5 heteroatoms. The molecule has 0 atom stereocenters. The first-order valence-electron chi connectivity index (χ1n) is 4.83. The molecule has 4 nitrogen and oxygen atoms in total. The lowest BCUT2D eigenvalue weighted by atomic mass is 10.2. The third kappa shape index (κ3) is 2.55. The van der Waals surface area contributed by atoms with Crippen LogP contribution in [-0.4, -0.2) is 20.2 Å². The summed E-state index contributed by atoms with van der Waals surface area (Å²) < 4.78 is 1.03. The quantitative estimate of drug-likeness (QED) is 0.811. The zero-order valence-electron chi connectivity index (χ0n) is 8.89. The molecule has 0 aliphatic carbocycles. The number of tetrazole rings is 1. The van der Waals surface area contributed by atoms with Gasteiger partial charge in [-0.15, -0.1) is 10.2 Å². The van der Waals surface area contributed by atoms with Crippen LogP contribution in [0.15, 0.2) is 40.9 Å². The summed E-state index contributed by atoms with van der Waals surface area (Å²) >= 11 is 3.38. The predicted molar refractivity (Wildman–Crippen MR) is 65.8 cm³/mol. The Morgan fingerprint density at radius 3 is 2.69 bits per heavy atom. The van der Waals surface area contributed by atoms with Crippen LogP contribution < -0.4 is 0 Å². The maximum absolute atomic E-state index is 4.27. The zero-order chi connectivity index (χ0) is 11.5. The van der Waals surface area contributed by atoms with Gasteiger partial charge in [0, 0.05) is 10.0 Å². The summed E-state index contributed by atoms with van der Waals surface area (Å²) in [5.41, 5.74) is 1.95. The van der Waals surface area contributed by atoms with E-state index in [0.717, 1.165) is 15.6 Å². The van der Waals surface area contributed by atoms with Crippen molar-refractivity contribution in [1.82, 2.24) is 20.2 Å². The highest BCUT2D eigenvalue weighted by Gasteiger charge is 2.05. The van der Waals surface area contributed by atoms with Gasteiger partial charge in [-0.05, 0) is 36.4 Å². The first kappa shape index (κ1) is 11.0. The number of hydrogen-bond acceptors (Lipinski definition) is 3. The van der Waals surface area contributed by atoms with Gasteiger partial charge in [-0.1, -0.05) is 28.1 Å². The Kier molecular flexibility index (Phi) is 3.14. The molecule has 2 aromatic rings. The van der Waals surface area contributed by atoms with Gasteiger partial charge in [0.05, 0.1) is 6.54 Å². The highest BCUT2D eigenvalue weighted by molar-refractivity contribution is 9.10. The Bertz CT molecular complexity index is 501. The normalized spacial score (nSPS) is 10.4. The van der Waals surface area contributed by atoms with Gasteiger partial charge in [0.2, 0.25) is 5.82 Å². The molecule has 0 N–H and O–H groups in total. The molecule has 0 bridgehead atoms. The third-order valence-corrected chi connectivity index (χ3v) is 2.50. The first-order valence-corrected chi connectivity index (χ1v) is 5.62. The van der Waals surface area contributed by atoms with Crippen LogP contribution in [-0.2, 0) is 6.54 Å². The molecular weight excluding hydrogens is 268 g/mol. The third-order valence-electron chi connectivity index (χ3n) is 1.97. The van der Waals surface area contributed by atoms with Gasteiger partial charge in [-0.2, -0.15) is 4.80 Å². The van der Waals surface area contributed by atoms with Crippen LogP contribution in [0.2, 0.25) is 0 Å². The van der Waals surface area contributed by atoms with Crippen LogP contribution in [0.4, 0.5) is 0 Å². The molecule has 0 aliphatic rings. The number of hydrogen-bond donors (Lipinski definition) is 0. The molecule has 0 spiro atoms. The summed E-state index contributed by atoms with van der Waals surface area (Å²) in [4.78, 5) is 1.54. The van der Waals surface area contributed by atoms with E-state index in [1.165, 1.54) is 0 Å². The average Bonchev–Trinajstić information content (AvgIpc) is 2.66. The maximum atomic E-state index is 4.27. The fraction of sp³-hybridized carbons (Fsp3) is 0.182. The van der Waals surface area contributed by atoms with Crippen molar-refractivity contribution in [2.45, 2.75) is 13.5 Å². The van der Waals surface area contributed by atoms with Crippen LogP contribution in [0.5, 0.6) is 0 Å².